The standard InChI is InChI=1S/C19H18N4O/c1-14-6-5-9-16(12-14)21-19(24)17-10-11-18(23-22-17)20-13-15-7-3-2-4-8-15/h2-12H,13H2,1H3,(H,20,23)(H,21,24). The van der Waals surface area contributed by atoms with Crippen LogP contribution in [-0.2, 0) is 6.54 Å². The second kappa shape index (κ2) is 7.37. The van der Waals surface area contributed by atoms with E-state index in [0.717, 1.165) is 16.8 Å². The number of nitrogens with one attached hydrogen (secondary N) is 2. The average molecular weight is 318 g/mol. The molecule has 1 aromatic heterocycles. The number of rotatable bonds is 5. The van der Waals surface area contributed by atoms with Crippen LogP contribution in [-0.4, -0.2) is 16.1 Å². The molecule has 0 aliphatic heterocycles. The quantitative estimate of drug-likeness (QED) is 0.753. The van der Waals surface area contributed by atoms with E-state index in [9.17, 15) is 4.79 Å². The molecule has 0 aliphatic rings. The fourth-order valence-electron chi connectivity index (χ4n) is 2.25. The Labute approximate surface area is 140 Å². The number of anilines is 2. The number of aryl methyl sites for hydroxylation is 1. The molecule has 5 heteroatoms. The van der Waals surface area contributed by atoms with Crippen molar-refractivity contribution in [3.05, 3.63) is 83.6 Å². The molecule has 24 heavy (non-hydrogen) atoms. The van der Waals surface area contributed by atoms with Crippen LogP contribution in [0.2, 0.25) is 0 Å². The zero-order valence-corrected chi connectivity index (χ0v) is 13.4. The van der Waals surface area contributed by atoms with Crippen LogP contribution in [0.3, 0.4) is 0 Å². The molecule has 0 radical (unpaired) electrons. The van der Waals surface area contributed by atoms with Gasteiger partial charge in [-0.15, -0.1) is 10.2 Å². The third kappa shape index (κ3) is 4.16. The molecule has 0 aliphatic carbocycles. The zero-order chi connectivity index (χ0) is 16.8. The number of hydrogen-bond donors (Lipinski definition) is 2. The first-order valence-corrected chi connectivity index (χ1v) is 7.70. The summed E-state index contributed by atoms with van der Waals surface area (Å²) in [6.45, 7) is 2.63. The Balaban J connectivity index is 1.60. The second-order valence-corrected chi connectivity index (χ2v) is 5.47. The Kier molecular flexibility index (Phi) is 4.81. The van der Waals surface area contributed by atoms with Crippen LogP contribution in [0.1, 0.15) is 21.6 Å². The van der Waals surface area contributed by atoms with Crippen molar-refractivity contribution in [1.29, 1.82) is 0 Å². The van der Waals surface area contributed by atoms with Gasteiger partial charge in [0.25, 0.3) is 5.91 Å². The summed E-state index contributed by atoms with van der Waals surface area (Å²) in [5.41, 5.74) is 3.26. The van der Waals surface area contributed by atoms with Crippen LogP contribution in [0.25, 0.3) is 0 Å². The Hall–Kier alpha value is -3.21. The zero-order valence-electron chi connectivity index (χ0n) is 13.4. The highest BCUT2D eigenvalue weighted by Gasteiger charge is 2.08. The normalized spacial score (nSPS) is 10.2. The summed E-state index contributed by atoms with van der Waals surface area (Å²) >= 11 is 0. The molecule has 0 bridgehead atoms. The molecule has 0 atom stereocenters. The molecular formula is C19H18N4O. The molecule has 2 aromatic carbocycles. The predicted molar refractivity (Wildman–Crippen MR) is 94.9 cm³/mol. The van der Waals surface area contributed by atoms with E-state index in [1.165, 1.54) is 0 Å². The van der Waals surface area contributed by atoms with E-state index in [1.807, 2.05) is 61.5 Å². The lowest BCUT2D eigenvalue weighted by molar-refractivity contribution is 0.102. The van der Waals surface area contributed by atoms with E-state index in [-0.39, 0.29) is 11.6 Å². The first-order valence-electron chi connectivity index (χ1n) is 7.70. The number of hydrogen-bond acceptors (Lipinski definition) is 4. The summed E-state index contributed by atoms with van der Waals surface area (Å²) in [6, 6.07) is 21.0. The van der Waals surface area contributed by atoms with E-state index < -0.39 is 0 Å². The lowest BCUT2D eigenvalue weighted by Crippen LogP contribution is -2.15. The van der Waals surface area contributed by atoms with Gasteiger partial charge >= 0.3 is 0 Å². The molecule has 1 amide bonds. The van der Waals surface area contributed by atoms with E-state index in [2.05, 4.69) is 20.8 Å². The van der Waals surface area contributed by atoms with Crippen LogP contribution in [0, 0.1) is 6.92 Å². The SMILES string of the molecule is Cc1cccc(NC(=O)c2ccc(NCc3ccccc3)nn2)c1. The summed E-state index contributed by atoms with van der Waals surface area (Å²) in [4.78, 5) is 12.2. The number of carbonyl (C=O) groups excluding carboxylic acids is 1. The van der Waals surface area contributed by atoms with Gasteiger partial charge in [0.15, 0.2) is 5.69 Å². The minimum atomic E-state index is -0.275. The number of nitrogens with zero attached hydrogens (tertiary/aromatic N) is 2. The third-order valence-corrected chi connectivity index (χ3v) is 3.49. The average Bonchev–Trinajstić information content (AvgIpc) is 2.61. The maximum Gasteiger partial charge on any atom is 0.276 e. The Bertz CT molecular complexity index is 816. The highest BCUT2D eigenvalue weighted by atomic mass is 16.1. The molecule has 120 valence electrons. The van der Waals surface area contributed by atoms with Crippen LogP contribution in [0.15, 0.2) is 66.7 Å². The molecule has 5 nitrogen and oxygen atoms in total. The summed E-state index contributed by atoms with van der Waals surface area (Å²) in [5.74, 6) is 0.355. The Morgan fingerprint density at radius 3 is 2.50 bits per heavy atom. The van der Waals surface area contributed by atoms with Crippen molar-refractivity contribution in [1.82, 2.24) is 10.2 Å². The van der Waals surface area contributed by atoms with Crippen molar-refractivity contribution < 1.29 is 4.79 Å². The smallest absolute Gasteiger partial charge is 0.276 e. The summed E-state index contributed by atoms with van der Waals surface area (Å²) in [6.07, 6.45) is 0. The highest BCUT2D eigenvalue weighted by molar-refractivity contribution is 6.02. The van der Waals surface area contributed by atoms with Crippen LogP contribution in [0.4, 0.5) is 11.5 Å². The second-order valence-electron chi connectivity index (χ2n) is 5.47. The number of amides is 1. The predicted octanol–water partition coefficient (Wildman–Crippen LogP) is 3.65. The van der Waals surface area contributed by atoms with Crippen molar-refractivity contribution in [3.63, 3.8) is 0 Å². The summed E-state index contributed by atoms with van der Waals surface area (Å²) in [7, 11) is 0. The fraction of sp³-hybridized carbons (Fsp3) is 0.105. The van der Waals surface area contributed by atoms with Gasteiger partial charge in [0, 0.05) is 12.2 Å². The van der Waals surface area contributed by atoms with Gasteiger partial charge in [-0.1, -0.05) is 42.5 Å². The Morgan fingerprint density at radius 1 is 0.958 bits per heavy atom. The van der Waals surface area contributed by atoms with Gasteiger partial charge in [0.05, 0.1) is 0 Å². The van der Waals surface area contributed by atoms with E-state index in [0.29, 0.717) is 12.4 Å². The van der Waals surface area contributed by atoms with Crippen molar-refractivity contribution in [2.75, 3.05) is 10.6 Å². The fourth-order valence-corrected chi connectivity index (χ4v) is 2.25. The maximum atomic E-state index is 12.2. The van der Waals surface area contributed by atoms with Crippen LogP contribution < -0.4 is 10.6 Å². The van der Waals surface area contributed by atoms with Crippen LogP contribution >= 0.6 is 0 Å². The first-order chi connectivity index (χ1) is 11.7. The van der Waals surface area contributed by atoms with Gasteiger partial charge in [-0.2, -0.15) is 0 Å². The number of carbonyl (C=O) groups is 1. The molecule has 0 fully saturated rings. The van der Waals surface area contributed by atoms with Crippen molar-refractivity contribution in [2.24, 2.45) is 0 Å². The van der Waals surface area contributed by atoms with Crippen molar-refractivity contribution in [3.8, 4) is 0 Å². The topological polar surface area (TPSA) is 66.9 Å². The van der Waals surface area contributed by atoms with Gasteiger partial charge < -0.3 is 10.6 Å². The van der Waals surface area contributed by atoms with Gasteiger partial charge in [-0.25, -0.2) is 0 Å². The molecule has 0 saturated heterocycles. The lowest BCUT2D eigenvalue weighted by Gasteiger charge is -2.07. The van der Waals surface area contributed by atoms with E-state index >= 15 is 0 Å². The number of benzene rings is 2. The van der Waals surface area contributed by atoms with Crippen molar-refractivity contribution in [2.45, 2.75) is 13.5 Å². The highest BCUT2D eigenvalue weighted by Crippen LogP contribution is 2.11. The molecule has 0 saturated carbocycles. The molecule has 0 spiro atoms. The monoisotopic (exact) mass is 318 g/mol. The molecule has 1 heterocycles. The van der Waals surface area contributed by atoms with Crippen LogP contribution in [0.5, 0.6) is 0 Å². The summed E-state index contributed by atoms with van der Waals surface area (Å²) < 4.78 is 0. The van der Waals surface area contributed by atoms with E-state index in [1.54, 1.807) is 12.1 Å². The first kappa shape index (κ1) is 15.7. The number of aromatic nitrogens is 2. The minimum Gasteiger partial charge on any atom is -0.365 e. The largest absolute Gasteiger partial charge is 0.365 e. The maximum absolute atomic E-state index is 12.2. The molecular weight excluding hydrogens is 300 g/mol. The van der Waals surface area contributed by atoms with Gasteiger partial charge in [0.1, 0.15) is 5.82 Å². The Morgan fingerprint density at radius 2 is 1.79 bits per heavy atom. The summed E-state index contributed by atoms with van der Waals surface area (Å²) in [5, 5.41) is 14.0. The van der Waals surface area contributed by atoms with E-state index in [4.69, 9.17) is 0 Å². The molecule has 3 aromatic rings. The molecule has 2 N–H and O–H groups in total. The molecule has 0 unspecified atom stereocenters. The third-order valence-electron chi connectivity index (χ3n) is 3.49. The van der Waals surface area contributed by atoms with Gasteiger partial charge in [-0.05, 0) is 42.3 Å². The van der Waals surface area contributed by atoms with Crippen molar-refractivity contribution >= 4 is 17.4 Å². The van der Waals surface area contributed by atoms with Gasteiger partial charge in [-0.3, -0.25) is 4.79 Å². The minimum absolute atomic E-state index is 0.275. The lowest BCUT2D eigenvalue weighted by atomic mass is 10.2. The van der Waals surface area contributed by atoms with Gasteiger partial charge in [0.2, 0.25) is 0 Å². The molecule has 3 rings (SSSR count).